The molecule has 182 valence electrons. The molecular weight excluding hydrogens is 452 g/mol. The van der Waals surface area contributed by atoms with Crippen LogP contribution in [0.4, 0.5) is 11.4 Å². The minimum atomic E-state index is -0.200. The number of hydrogen-bond acceptors (Lipinski definition) is 5. The van der Waals surface area contributed by atoms with Crippen LogP contribution in [-0.2, 0) is 11.2 Å². The first-order valence-corrected chi connectivity index (χ1v) is 11.7. The number of benzene rings is 3. The highest BCUT2D eigenvalue weighted by atomic mass is 16.5. The van der Waals surface area contributed by atoms with Gasteiger partial charge in [-0.05, 0) is 65.7 Å². The summed E-state index contributed by atoms with van der Waals surface area (Å²) in [6.07, 6.45) is 2.63. The quantitative estimate of drug-likeness (QED) is 0.304. The molecule has 0 unspecified atom stereocenters. The second-order valence-corrected chi connectivity index (χ2v) is 8.06. The Morgan fingerprint density at radius 3 is 2.28 bits per heavy atom. The standard InChI is InChI=1S/C29H28N4O3/c1-30-28(34)20-36-25-15-9-21(10-16-25)26-7-2-3-8-27(26)29(35)33-24-13-11-23(12-14-24)32-19-17-22-6-4-5-18-31-22/h2-16,18,32H,17,19-20H2,1H3,(H,30,34)(H,33,35). The molecule has 1 heterocycles. The Bertz CT molecular complexity index is 1290. The molecule has 3 aromatic carbocycles. The summed E-state index contributed by atoms with van der Waals surface area (Å²) in [5, 5.41) is 8.87. The Hall–Kier alpha value is -4.65. The van der Waals surface area contributed by atoms with Gasteiger partial charge in [0, 0.05) is 48.8 Å². The molecule has 36 heavy (non-hydrogen) atoms. The predicted octanol–water partition coefficient (Wildman–Crippen LogP) is 4.78. The van der Waals surface area contributed by atoms with E-state index in [4.69, 9.17) is 4.74 Å². The molecular formula is C29H28N4O3. The van der Waals surface area contributed by atoms with E-state index < -0.39 is 0 Å². The van der Waals surface area contributed by atoms with E-state index in [9.17, 15) is 9.59 Å². The molecule has 1 aromatic heterocycles. The van der Waals surface area contributed by atoms with Crippen molar-refractivity contribution in [2.24, 2.45) is 0 Å². The average molecular weight is 481 g/mol. The number of anilines is 2. The van der Waals surface area contributed by atoms with Crippen LogP contribution in [0.3, 0.4) is 0 Å². The van der Waals surface area contributed by atoms with Gasteiger partial charge in [-0.2, -0.15) is 0 Å². The molecule has 3 N–H and O–H groups in total. The maximum atomic E-state index is 13.1. The summed E-state index contributed by atoms with van der Waals surface area (Å²) < 4.78 is 5.46. The van der Waals surface area contributed by atoms with Gasteiger partial charge in [0.05, 0.1) is 0 Å². The van der Waals surface area contributed by atoms with E-state index in [0.29, 0.717) is 17.0 Å². The second-order valence-electron chi connectivity index (χ2n) is 8.06. The summed E-state index contributed by atoms with van der Waals surface area (Å²) in [6, 6.07) is 28.3. The van der Waals surface area contributed by atoms with Gasteiger partial charge in [0.25, 0.3) is 11.8 Å². The molecule has 0 atom stereocenters. The van der Waals surface area contributed by atoms with Crippen molar-refractivity contribution in [3.8, 4) is 16.9 Å². The molecule has 4 rings (SSSR count). The Kier molecular flexibility index (Phi) is 8.27. The summed E-state index contributed by atoms with van der Waals surface area (Å²) >= 11 is 0. The van der Waals surface area contributed by atoms with E-state index in [1.807, 2.05) is 72.8 Å². The molecule has 0 saturated heterocycles. The molecule has 0 saturated carbocycles. The highest BCUT2D eigenvalue weighted by Gasteiger charge is 2.13. The third kappa shape index (κ3) is 6.70. The van der Waals surface area contributed by atoms with Gasteiger partial charge < -0.3 is 20.7 Å². The molecule has 0 aliphatic carbocycles. The summed E-state index contributed by atoms with van der Waals surface area (Å²) in [5.74, 6) is 0.189. The topological polar surface area (TPSA) is 92.3 Å². The van der Waals surface area contributed by atoms with Crippen LogP contribution in [0.1, 0.15) is 16.1 Å². The lowest BCUT2D eigenvalue weighted by Crippen LogP contribution is -2.24. The highest BCUT2D eigenvalue weighted by molar-refractivity contribution is 6.08. The van der Waals surface area contributed by atoms with Crippen molar-refractivity contribution in [2.45, 2.75) is 6.42 Å². The average Bonchev–Trinajstić information content (AvgIpc) is 2.93. The van der Waals surface area contributed by atoms with Gasteiger partial charge >= 0.3 is 0 Å². The fraction of sp³-hybridized carbons (Fsp3) is 0.138. The van der Waals surface area contributed by atoms with Crippen molar-refractivity contribution >= 4 is 23.2 Å². The van der Waals surface area contributed by atoms with E-state index in [1.165, 1.54) is 0 Å². The second kappa shape index (κ2) is 12.2. The van der Waals surface area contributed by atoms with E-state index in [2.05, 4.69) is 20.9 Å². The van der Waals surface area contributed by atoms with Crippen molar-refractivity contribution in [3.63, 3.8) is 0 Å². The van der Waals surface area contributed by atoms with Crippen LogP contribution < -0.4 is 20.7 Å². The summed E-state index contributed by atoms with van der Waals surface area (Å²) in [7, 11) is 1.56. The molecule has 0 fully saturated rings. The van der Waals surface area contributed by atoms with Gasteiger partial charge in [0.1, 0.15) is 5.75 Å². The van der Waals surface area contributed by atoms with Crippen LogP contribution in [-0.4, -0.2) is 37.0 Å². The first kappa shape index (κ1) is 24.5. The predicted molar refractivity (Wildman–Crippen MR) is 142 cm³/mol. The number of carbonyl (C=O) groups is 2. The minimum absolute atomic E-state index is 0.0482. The molecule has 0 aliphatic rings. The molecule has 0 spiro atoms. The summed E-state index contributed by atoms with van der Waals surface area (Å²) in [4.78, 5) is 28.8. The fourth-order valence-electron chi connectivity index (χ4n) is 3.64. The van der Waals surface area contributed by atoms with Gasteiger partial charge in [0.15, 0.2) is 6.61 Å². The van der Waals surface area contributed by atoms with Crippen LogP contribution in [0, 0.1) is 0 Å². The van der Waals surface area contributed by atoms with Crippen molar-refractivity contribution in [1.82, 2.24) is 10.3 Å². The zero-order valence-corrected chi connectivity index (χ0v) is 20.0. The number of amides is 2. The largest absolute Gasteiger partial charge is 0.484 e. The Morgan fingerprint density at radius 1 is 0.833 bits per heavy atom. The normalized spacial score (nSPS) is 10.4. The Morgan fingerprint density at radius 2 is 1.56 bits per heavy atom. The highest BCUT2D eigenvalue weighted by Crippen LogP contribution is 2.27. The van der Waals surface area contributed by atoms with Crippen LogP contribution in [0.2, 0.25) is 0 Å². The van der Waals surface area contributed by atoms with Crippen LogP contribution in [0.15, 0.2) is 97.2 Å². The zero-order chi connectivity index (χ0) is 25.2. The SMILES string of the molecule is CNC(=O)COc1ccc(-c2ccccc2C(=O)Nc2ccc(NCCc3ccccn3)cc2)cc1. The molecule has 0 radical (unpaired) electrons. The van der Waals surface area contributed by atoms with E-state index in [0.717, 1.165) is 35.5 Å². The van der Waals surface area contributed by atoms with Gasteiger partial charge in [-0.15, -0.1) is 0 Å². The van der Waals surface area contributed by atoms with Crippen LogP contribution in [0.25, 0.3) is 11.1 Å². The number of pyridine rings is 1. The number of ether oxygens (including phenoxy) is 1. The Balaban J connectivity index is 1.37. The Labute approximate surface area is 210 Å². The molecule has 4 aromatic rings. The van der Waals surface area contributed by atoms with Gasteiger partial charge in [0.2, 0.25) is 0 Å². The van der Waals surface area contributed by atoms with Gasteiger partial charge in [-0.1, -0.05) is 36.4 Å². The molecule has 7 heteroatoms. The smallest absolute Gasteiger partial charge is 0.257 e. The van der Waals surface area contributed by atoms with Crippen molar-refractivity contribution in [3.05, 3.63) is 108 Å². The van der Waals surface area contributed by atoms with Gasteiger partial charge in [-0.25, -0.2) is 0 Å². The first-order chi connectivity index (χ1) is 17.6. The molecule has 2 amide bonds. The van der Waals surface area contributed by atoms with Crippen LogP contribution >= 0.6 is 0 Å². The first-order valence-electron chi connectivity index (χ1n) is 11.7. The van der Waals surface area contributed by atoms with Crippen molar-refractivity contribution < 1.29 is 14.3 Å². The molecule has 7 nitrogen and oxygen atoms in total. The zero-order valence-electron chi connectivity index (χ0n) is 20.0. The number of carbonyl (C=O) groups excluding carboxylic acids is 2. The fourth-order valence-corrected chi connectivity index (χ4v) is 3.64. The number of likely N-dealkylation sites (N-methyl/N-ethyl adjacent to an activating group) is 1. The number of nitrogens with zero attached hydrogens (tertiary/aromatic N) is 1. The van der Waals surface area contributed by atoms with E-state index in [-0.39, 0.29) is 18.4 Å². The van der Waals surface area contributed by atoms with Crippen molar-refractivity contribution in [2.75, 3.05) is 30.8 Å². The molecule has 0 bridgehead atoms. The monoisotopic (exact) mass is 480 g/mol. The maximum absolute atomic E-state index is 13.1. The maximum Gasteiger partial charge on any atom is 0.257 e. The van der Waals surface area contributed by atoms with E-state index >= 15 is 0 Å². The number of aromatic nitrogens is 1. The number of rotatable bonds is 10. The third-order valence-corrected chi connectivity index (χ3v) is 5.56. The third-order valence-electron chi connectivity index (χ3n) is 5.56. The summed E-state index contributed by atoms with van der Waals surface area (Å²) in [5.41, 5.74) is 4.97. The lowest BCUT2D eigenvalue weighted by molar-refractivity contribution is -0.122. The minimum Gasteiger partial charge on any atom is -0.484 e. The van der Waals surface area contributed by atoms with Gasteiger partial charge in [-0.3, -0.25) is 14.6 Å². The molecule has 0 aliphatic heterocycles. The number of nitrogens with one attached hydrogen (secondary N) is 3. The lowest BCUT2D eigenvalue weighted by Gasteiger charge is -2.12. The van der Waals surface area contributed by atoms with Crippen LogP contribution in [0.5, 0.6) is 5.75 Å². The van der Waals surface area contributed by atoms with E-state index in [1.54, 1.807) is 31.4 Å². The summed E-state index contributed by atoms with van der Waals surface area (Å²) in [6.45, 7) is 0.721. The lowest BCUT2D eigenvalue weighted by atomic mass is 9.99. The van der Waals surface area contributed by atoms with Crippen molar-refractivity contribution in [1.29, 1.82) is 0 Å². The number of hydrogen-bond donors (Lipinski definition) is 3.